The SMILES string of the molecule is COC(=O)C1CCN([C@@H]2CC(=O)N(c3ccc(Oc4ccccc4)cc3)C2=O)CC1. The predicted molar refractivity (Wildman–Crippen MR) is 110 cm³/mol. The summed E-state index contributed by atoms with van der Waals surface area (Å²) in [5.74, 6) is 0.583. The second-order valence-electron chi connectivity index (χ2n) is 7.53. The normalized spacial score (nSPS) is 20.4. The predicted octanol–water partition coefficient (Wildman–Crippen LogP) is 3.00. The summed E-state index contributed by atoms with van der Waals surface area (Å²) >= 11 is 0. The molecule has 2 amide bonds. The fraction of sp³-hybridized carbons (Fsp3) is 0.348. The molecular weight excluding hydrogens is 384 g/mol. The highest BCUT2D eigenvalue weighted by atomic mass is 16.5. The first kappa shape index (κ1) is 20.1. The number of amides is 2. The zero-order chi connectivity index (χ0) is 21.1. The quantitative estimate of drug-likeness (QED) is 0.559. The van der Waals surface area contributed by atoms with E-state index in [9.17, 15) is 14.4 Å². The molecule has 2 aromatic rings. The number of methoxy groups -OCH3 is 1. The van der Waals surface area contributed by atoms with Crippen LogP contribution in [-0.4, -0.2) is 48.9 Å². The van der Waals surface area contributed by atoms with Crippen molar-refractivity contribution in [3.05, 3.63) is 54.6 Å². The van der Waals surface area contributed by atoms with Crippen molar-refractivity contribution in [1.29, 1.82) is 0 Å². The number of piperidine rings is 1. The van der Waals surface area contributed by atoms with Crippen LogP contribution in [0.25, 0.3) is 0 Å². The summed E-state index contributed by atoms with van der Waals surface area (Å²) in [6.07, 6.45) is 1.43. The van der Waals surface area contributed by atoms with Crippen molar-refractivity contribution >= 4 is 23.5 Å². The number of ether oxygens (including phenoxy) is 2. The van der Waals surface area contributed by atoms with Gasteiger partial charge in [-0.3, -0.25) is 19.3 Å². The molecule has 7 nitrogen and oxygen atoms in total. The number of para-hydroxylation sites is 1. The minimum Gasteiger partial charge on any atom is -0.469 e. The van der Waals surface area contributed by atoms with Crippen molar-refractivity contribution in [3.63, 3.8) is 0 Å². The Morgan fingerprint density at radius 2 is 1.57 bits per heavy atom. The monoisotopic (exact) mass is 408 g/mol. The summed E-state index contributed by atoms with van der Waals surface area (Å²) in [7, 11) is 1.39. The van der Waals surface area contributed by atoms with Crippen LogP contribution in [0.3, 0.4) is 0 Å². The summed E-state index contributed by atoms with van der Waals surface area (Å²) in [6, 6.07) is 15.9. The van der Waals surface area contributed by atoms with Crippen LogP contribution >= 0.6 is 0 Å². The maximum atomic E-state index is 13.0. The van der Waals surface area contributed by atoms with Crippen LogP contribution in [0.15, 0.2) is 54.6 Å². The molecule has 2 aliphatic rings. The highest BCUT2D eigenvalue weighted by Crippen LogP contribution is 2.30. The highest BCUT2D eigenvalue weighted by Gasteiger charge is 2.44. The van der Waals surface area contributed by atoms with Crippen LogP contribution in [0.1, 0.15) is 19.3 Å². The molecule has 0 aromatic heterocycles. The zero-order valence-electron chi connectivity index (χ0n) is 16.8. The first-order valence-electron chi connectivity index (χ1n) is 10.1. The van der Waals surface area contributed by atoms with Gasteiger partial charge in [0, 0.05) is 0 Å². The van der Waals surface area contributed by atoms with Gasteiger partial charge in [-0.15, -0.1) is 0 Å². The lowest BCUT2D eigenvalue weighted by atomic mass is 9.95. The van der Waals surface area contributed by atoms with Crippen molar-refractivity contribution in [2.75, 3.05) is 25.1 Å². The number of nitrogens with zero attached hydrogens (tertiary/aromatic N) is 2. The average molecular weight is 408 g/mol. The Hall–Kier alpha value is -3.19. The molecule has 0 saturated carbocycles. The third-order valence-corrected chi connectivity index (χ3v) is 5.70. The smallest absolute Gasteiger partial charge is 0.308 e. The van der Waals surface area contributed by atoms with Gasteiger partial charge in [0.15, 0.2) is 0 Å². The number of esters is 1. The molecule has 0 aliphatic carbocycles. The molecule has 2 aromatic carbocycles. The number of hydrogen-bond donors (Lipinski definition) is 0. The van der Waals surface area contributed by atoms with Gasteiger partial charge in [0.05, 0.1) is 31.2 Å². The van der Waals surface area contributed by atoms with Gasteiger partial charge in [0.25, 0.3) is 5.91 Å². The number of likely N-dealkylation sites (tertiary alicyclic amines) is 1. The maximum Gasteiger partial charge on any atom is 0.308 e. The van der Waals surface area contributed by atoms with Gasteiger partial charge in [0.1, 0.15) is 11.5 Å². The molecule has 7 heteroatoms. The molecule has 2 heterocycles. The largest absolute Gasteiger partial charge is 0.469 e. The molecule has 1 atom stereocenters. The number of carbonyl (C=O) groups is 3. The highest BCUT2D eigenvalue weighted by molar-refractivity contribution is 6.22. The Balaban J connectivity index is 1.41. The van der Waals surface area contributed by atoms with Crippen LogP contribution in [0.2, 0.25) is 0 Å². The number of hydrogen-bond acceptors (Lipinski definition) is 6. The van der Waals surface area contributed by atoms with Crippen LogP contribution in [-0.2, 0) is 19.1 Å². The standard InChI is InChI=1S/C23H24N2O5/c1-29-23(28)16-11-13-24(14-12-16)20-15-21(26)25(22(20)27)17-7-9-19(10-8-17)30-18-5-3-2-4-6-18/h2-10,16,20H,11-15H2,1H3/t20-/m1/s1. The zero-order valence-corrected chi connectivity index (χ0v) is 16.8. The molecule has 0 unspecified atom stereocenters. The lowest BCUT2D eigenvalue weighted by Gasteiger charge is -2.33. The molecule has 0 N–H and O–H groups in total. The third kappa shape index (κ3) is 4.07. The van der Waals surface area contributed by atoms with E-state index >= 15 is 0 Å². The molecule has 2 fully saturated rings. The second-order valence-corrected chi connectivity index (χ2v) is 7.53. The molecule has 30 heavy (non-hydrogen) atoms. The van der Waals surface area contributed by atoms with E-state index in [-0.39, 0.29) is 30.1 Å². The van der Waals surface area contributed by atoms with Crippen molar-refractivity contribution in [1.82, 2.24) is 4.90 Å². The van der Waals surface area contributed by atoms with E-state index in [1.807, 2.05) is 35.2 Å². The van der Waals surface area contributed by atoms with Gasteiger partial charge in [-0.05, 0) is 62.3 Å². The third-order valence-electron chi connectivity index (χ3n) is 5.70. The molecular formula is C23H24N2O5. The van der Waals surface area contributed by atoms with Gasteiger partial charge >= 0.3 is 5.97 Å². The van der Waals surface area contributed by atoms with E-state index in [1.54, 1.807) is 24.3 Å². The molecule has 156 valence electrons. The first-order valence-corrected chi connectivity index (χ1v) is 10.1. The molecule has 4 rings (SSSR count). The fourth-order valence-electron chi connectivity index (χ4n) is 4.07. The van der Waals surface area contributed by atoms with Gasteiger partial charge in [-0.2, -0.15) is 0 Å². The lowest BCUT2D eigenvalue weighted by molar-refractivity contribution is -0.147. The second kappa shape index (κ2) is 8.67. The van der Waals surface area contributed by atoms with E-state index in [0.29, 0.717) is 43.1 Å². The van der Waals surface area contributed by atoms with Gasteiger partial charge in [0.2, 0.25) is 5.91 Å². The summed E-state index contributed by atoms with van der Waals surface area (Å²) in [6.45, 7) is 1.20. The molecule has 0 radical (unpaired) electrons. The number of imide groups is 1. The van der Waals surface area contributed by atoms with Crippen LogP contribution < -0.4 is 9.64 Å². The van der Waals surface area contributed by atoms with Crippen molar-refractivity contribution in [2.24, 2.45) is 5.92 Å². The lowest BCUT2D eigenvalue weighted by Crippen LogP contribution is -2.46. The summed E-state index contributed by atoms with van der Waals surface area (Å²) < 4.78 is 10.6. The maximum absolute atomic E-state index is 13.0. The number of benzene rings is 2. The van der Waals surface area contributed by atoms with Gasteiger partial charge < -0.3 is 9.47 Å². The van der Waals surface area contributed by atoms with Crippen LogP contribution in [0.5, 0.6) is 11.5 Å². The Morgan fingerprint density at radius 1 is 0.933 bits per heavy atom. The minimum atomic E-state index is -0.476. The van der Waals surface area contributed by atoms with Crippen LogP contribution in [0, 0.1) is 5.92 Å². The fourth-order valence-corrected chi connectivity index (χ4v) is 4.07. The molecule has 0 bridgehead atoms. The van der Waals surface area contributed by atoms with E-state index in [1.165, 1.54) is 12.0 Å². The van der Waals surface area contributed by atoms with Gasteiger partial charge in [-0.25, -0.2) is 4.90 Å². The molecule has 2 aliphatic heterocycles. The number of carbonyl (C=O) groups excluding carboxylic acids is 3. The van der Waals surface area contributed by atoms with Crippen molar-refractivity contribution in [3.8, 4) is 11.5 Å². The Labute approximate surface area is 175 Å². The van der Waals surface area contributed by atoms with Crippen molar-refractivity contribution in [2.45, 2.75) is 25.3 Å². The van der Waals surface area contributed by atoms with E-state index in [4.69, 9.17) is 9.47 Å². The summed E-state index contributed by atoms with van der Waals surface area (Å²) in [5, 5.41) is 0. The summed E-state index contributed by atoms with van der Waals surface area (Å²) in [5.41, 5.74) is 0.539. The molecule has 2 saturated heterocycles. The number of anilines is 1. The Morgan fingerprint density at radius 3 is 2.20 bits per heavy atom. The first-order chi connectivity index (χ1) is 14.6. The number of rotatable bonds is 5. The Kier molecular flexibility index (Phi) is 5.81. The Bertz CT molecular complexity index is 920. The minimum absolute atomic E-state index is 0.133. The topological polar surface area (TPSA) is 76.2 Å². The van der Waals surface area contributed by atoms with E-state index in [2.05, 4.69) is 0 Å². The van der Waals surface area contributed by atoms with Crippen molar-refractivity contribution < 1.29 is 23.9 Å². The summed E-state index contributed by atoms with van der Waals surface area (Å²) in [4.78, 5) is 40.6. The van der Waals surface area contributed by atoms with E-state index < -0.39 is 6.04 Å². The average Bonchev–Trinajstić information content (AvgIpc) is 3.08. The van der Waals surface area contributed by atoms with Gasteiger partial charge in [-0.1, -0.05) is 18.2 Å². The molecule has 0 spiro atoms. The van der Waals surface area contributed by atoms with Crippen LogP contribution in [0.4, 0.5) is 5.69 Å². The van der Waals surface area contributed by atoms with E-state index in [0.717, 1.165) is 0 Å².